The van der Waals surface area contributed by atoms with Crippen molar-refractivity contribution in [1.29, 1.82) is 0 Å². The van der Waals surface area contributed by atoms with Gasteiger partial charge in [-0.2, -0.15) is 0 Å². The van der Waals surface area contributed by atoms with Crippen molar-refractivity contribution in [2.24, 2.45) is 0 Å². The lowest BCUT2D eigenvalue weighted by atomic mass is 10.1. The van der Waals surface area contributed by atoms with Gasteiger partial charge in [-0.1, -0.05) is 0 Å². The average molecular weight is 302 g/mol. The lowest BCUT2D eigenvalue weighted by Crippen LogP contribution is -1.90. The van der Waals surface area contributed by atoms with Crippen LogP contribution >= 0.6 is 27.3 Å². The number of hydrogen-bond donors (Lipinski definition) is 0. The third-order valence-electron chi connectivity index (χ3n) is 2.19. The van der Waals surface area contributed by atoms with Gasteiger partial charge in [0.25, 0.3) is 0 Å². The highest BCUT2D eigenvalue weighted by atomic mass is 79.9. The van der Waals surface area contributed by atoms with E-state index in [1.165, 1.54) is 23.5 Å². The number of nitrogens with zero attached hydrogens (tertiary/aromatic N) is 1. The molecule has 0 N–H and O–H groups in total. The van der Waals surface area contributed by atoms with E-state index in [9.17, 15) is 4.39 Å². The number of rotatable bonds is 2. The van der Waals surface area contributed by atoms with Gasteiger partial charge in [-0.05, 0) is 41.1 Å². The molecule has 0 saturated heterocycles. The number of hydrogen-bond acceptors (Lipinski definition) is 3. The van der Waals surface area contributed by atoms with Crippen LogP contribution in [-0.4, -0.2) is 12.1 Å². The van der Waals surface area contributed by atoms with Crippen molar-refractivity contribution in [3.63, 3.8) is 0 Å². The quantitative estimate of drug-likeness (QED) is 0.835. The first-order valence-corrected chi connectivity index (χ1v) is 6.19. The van der Waals surface area contributed by atoms with Crippen LogP contribution in [0.2, 0.25) is 0 Å². The predicted octanol–water partition coefficient (Wildman–Crippen LogP) is 4.03. The first-order valence-electron chi connectivity index (χ1n) is 4.58. The number of benzene rings is 1. The summed E-state index contributed by atoms with van der Waals surface area (Å²) in [5.74, 6) is 0.335. The fourth-order valence-corrected chi connectivity index (χ4v) is 3.03. The normalized spacial score (nSPS) is 10.5. The van der Waals surface area contributed by atoms with Crippen LogP contribution in [0, 0.1) is 12.7 Å². The zero-order valence-electron chi connectivity index (χ0n) is 8.75. The monoisotopic (exact) mass is 301 g/mol. The minimum Gasteiger partial charge on any atom is -0.496 e. The predicted molar refractivity (Wildman–Crippen MR) is 66.5 cm³/mol. The van der Waals surface area contributed by atoms with Crippen molar-refractivity contribution in [3.05, 3.63) is 32.8 Å². The van der Waals surface area contributed by atoms with E-state index in [2.05, 4.69) is 20.9 Å². The Bertz CT molecular complexity index is 527. The summed E-state index contributed by atoms with van der Waals surface area (Å²) in [6.45, 7) is 1.95. The van der Waals surface area contributed by atoms with Gasteiger partial charge in [0.1, 0.15) is 11.6 Å². The topological polar surface area (TPSA) is 22.1 Å². The van der Waals surface area contributed by atoms with E-state index < -0.39 is 0 Å². The summed E-state index contributed by atoms with van der Waals surface area (Å²) >= 11 is 4.83. The number of halogens is 2. The highest BCUT2D eigenvalue weighted by molar-refractivity contribution is 9.11. The molecule has 0 aliphatic carbocycles. The zero-order chi connectivity index (χ0) is 11.7. The zero-order valence-corrected chi connectivity index (χ0v) is 11.2. The van der Waals surface area contributed by atoms with Crippen LogP contribution < -0.4 is 4.74 Å². The molecule has 2 nitrogen and oxygen atoms in total. The molecule has 0 spiro atoms. The van der Waals surface area contributed by atoms with Gasteiger partial charge < -0.3 is 4.74 Å². The maximum Gasteiger partial charge on any atom is 0.160 e. The van der Waals surface area contributed by atoms with Crippen molar-refractivity contribution in [2.45, 2.75) is 6.92 Å². The molecule has 0 aliphatic rings. The number of aromatic nitrogens is 1. The van der Waals surface area contributed by atoms with Crippen molar-refractivity contribution >= 4 is 27.3 Å². The van der Waals surface area contributed by atoms with Crippen LogP contribution in [0.25, 0.3) is 11.3 Å². The second kappa shape index (κ2) is 4.51. The minimum absolute atomic E-state index is 0.292. The highest BCUT2D eigenvalue weighted by Crippen LogP contribution is 2.35. The maximum absolute atomic E-state index is 13.2. The van der Waals surface area contributed by atoms with E-state index in [-0.39, 0.29) is 5.82 Å². The van der Waals surface area contributed by atoms with Crippen molar-refractivity contribution in [3.8, 4) is 17.0 Å². The molecule has 0 aliphatic heterocycles. The van der Waals surface area contributed by atoms with Gasteiger partial charge in [0.2, 0.25) is 0 Å². The lowest BCUT2D eigenvalue weighted by molar-refractivity contribution is 0.415. The van der Waals surface area contributed by atoms with E-state index in [1.807, 2.05) is 6.92 Å². The van der Waals surface area contributed by atoms with Crippen LogP contribution in [0.3, 0.4) is 0 Å². The van der Waals surface area contributed by atoms with Gasteiger partial charge >= 0.3 is 0 Å². The lowest BCUT2D eigenvalue weighted by Gasteiger charge is -2.06. The molecule has 0 fully saturated rings. The number of thiazole rings is 1. The van der Waals surface area contributed by atoms with Gasteiger partial charge in [0.15, 0.2) is 3.92 Å². The van der Waals surface area contributed by atoms with Crippen LogP contribution in [0.5, 0.6) is 5.75 Å². The molecule has 5 heteroatoms. The molecule has 2 aromatic rings. The number of ether oxygens (including phenoxy) is 1. The van der Waals surface area contributed by atoms with Gasteiger partial charge in [-0.25, -0.2) is 9.37 Å². The van der Waals surface area contributed by atoms with Crippen LogP contribution in [0.15, 0.2) is 22.1 Å². The van der Waals surface area contributed by atoms with Crippen molar-refractivity contribution < 1.29 is 9.13 Å². The van der Waals surface area contributed by atoms with E-state index >= 15 is 0 Å². The number of aryl methyl sites for hydroxylation is 1. The molecule has 0 bridgehead atoms. The smallest absolute Gasteiger partial charge is 0.160 e. The summed E-state index contributed by atoms with van der Waals surface area (Å²) in [5, 5.41) is 0. The molecule has 1 aromatic carbocycles. The van der Waals surface area contributed by atoms with E-state index in [0.717, 1.165) is 14.5 Å². The molecule has 84 valence electrons. The first-order chi connectivity index (χ1) is 7.61. The Kier molecular flexibility index (Phi) is 3.25. The average Bonchev–Trinajstić information content (AvgIpc) is 2.57. The molecule has 1 aromatic heterocycles. The Labute approximate surface area is 105 Å². The second-order valence-electron chi connectivity index (χ2n) is 3.22. The molecular weight excluding hydrogens is 293 g/mol. The SMILES string of the molecule is COc1ccc(F)cc1-c1nc(Br)sc1C. The van der Waals surface area contributed by atoms with Crippen molar-refractivity contribution in [1.82, 2.24) is 4.98 Å². The Morgan fingerprint density at radius 3 is 2.75 bits per heavy atom. The van der Waals surface area contributed by atoms with E-state index in [4.69, 9.17) is 4.74 Å². The minimum atomic E-state index is -0.292. The summed E-state index contributed by atoms with van der Waals surface area (Å²) in [6.07, 6.45) is 0. The molecule has 1 heterocycles. The second-order valence-corrected chi connectivity index (χ2v) is 5.70. The maximum atomic E-state index is 13.2. The van der Waals surface area contributed by atoms with E-state index in [0.29, 0.717) is 11.3 Å². The molecular formula is C11H9BrFNOS. The summed E-state index contributed by atoms with van der Waals surface area (Å²) < 4.78 is 19.2. The number of methoxy groups -OCH3 is 1. The Morgan fingerprint density at radius 1 is 1.44 bits per heavy atom. The van der Waals surface area contributed by atoms with E-state index in [1.54, 1.807) is 13.2 Å². The largest absolute Gasteiger partial charge is 0.496 e. The third kappa shape index (κ3) is 2.10. The Balaban J connectivity index is 2.62. The van der Waals surface area contributed by atoms with Gasteiger partial charge in [0.05, 0.1) is 12.8 Å². The molecule has 0 saturated carbocycles. The Morgan fingerprint density at radius 2 is 2.19 bits per heavy atom. The molecule has 0 amide bonds. The van der Waals surface area contributed by atoms with Crippen LogP contribution in [-0.2, 0) is 0 Å². The highest BCUT2D eigenvalue weighted by Gasteiger charge is 2.13. The molecule has 0 unspecified atom stereocenters. The van der Waals surface area contributed by atoms with Gasteiger partial charge in [-0.15, -0.1) is 11.3 Å². The Hall–Kier alpha value is -0.940. The third-order valence-corrected chi connectivity index (χ3v) is 3.61. The fourth-order valence-electron chi connectivity index (χ4n) is 1.48. The summed E-state index contributed by atoms with van der Waals surface area (Å²) in [6, 6.07) is 4.42. The van der Waals surface area contributed by atoms with Gasteiger partial charge in [0, 0.05) is 10.4 Å². The van der Waals surface area contributed by atoms with Gasteiger partial charge in [-0.3, -0.25) is 0 Å². The molecule has 0 radical (unpaired) electrons. The molecule has 16 heavy (non-hydrogen) atoms. The van der Waals surface area contributed by atoms with Crippen LogP contribution in [0.1, 0.15) is 4.88 Å². The first kappa shape index (κ1) is 11.5. The molecule has 0 atom stereocenters. The van der Waals surface area contributed by atoms with Crippen LogP contribution in [0.4, 0.5) is 4.39 Å². The van der Waals surface area contributed by atoms with Crippen molar-refractivity contribution in [2.75, 3.05) is 7.11 Å². The summed E-state index contributed by atoms with van der Waals surface area (Å²) in [7, 11) is 1.56. The summed E-state index contributed by atoms with van der Waals surface area (Å²) in [5.41, 5.74) is 1.44. The molecule has 2 rings (SSSR count). The fraction of sp³-hybridized carbons (Fsp3) is 0.182. The standard InChI is InChI=1S/C11H9BrFNOS/c1-6-10(14-11(12)16-6)8-5-7(13)3-4-9(8)15-2/h3-5H,1-2H3. The summed E-state index contributed by atoms with van der Waals surface area (Å²) in [4.78, 5) is 5.34.